The molecule has 1 aromatic heterocycles. The van der Waals surface area contributed by atoms with E-state index in [-0.39, 0.29) is 22.9 Å². The van der Waals surface area contributed by atoms with Gasteiger partial charge in [0.2, 0.25) is 0 Å². The van der Waals surface area contributed by atoms with Crippen LogP contribution in [0.1, 0.15) is 16.8 Å². The van der Waals surface area contributed by atoms with Gasteiger partial charge in [-0.05, 0) is 12.5 Å². The highest BCUT2D eigenvalue weighted by atomic mass is 32.2. The van der Waals surface area contributed by atoms with Crippen molar-refractivity contribution in [3.63, 3.8) is 0 Å². The van der Waals surface area contributed by atoms with Crippen molar-refractivity contribution >= 4 is 27.3 Å². The van der Waals surface area contributed by atoms with Crippen LogP contribution in [-0.2, 0) is 10.0 Å². The number of carboxylic acid groups (broad SMARTS) is 1. The minimum absolute atomic E-state index is 0.165. The van der Waals surface area contributed by atoms with E-state index in [1.165, 1.54) is 5.38 Å². The first-order valence-corrected chi connectivity index (χ1v) is 8.02. The lowest BCUT2D eigenvalue weighted by atomic mass is 10.1. The van der Waals surface area contributed by atoms with Crippen molar-refractivity contribution in [2.24, 2.45) is 0 Å². The van der Waals surface area contributed by atoms with Crippen molar-refractivity contribution in [2.75, 3.05) is 13.1 Å². The number of carboxylic acids is 1. The second kappa shape index (κ2) is 5.43. The molecule has 0 spiro atoms. The highest BCUT2D eigenvalue weighted by Gasteiger charge is 2.37. The molecule has 1 aliphatic rings. The van der Waals surface area contributed by atoms with Crippen molar-refractivity contribution in [3.05, 3.63) is 28.7 Å². The van der Waals surface area contributed by atoms with Gasteiger partial charge in [0.25, 0.3) is 10.0 Å². The van der Waals surface area contributed by atoms with Gasteiger partial charge in [-0.1, -0.05) is 6.08 Å². The van der Waals surface area contributed by atoms with Crippen LogP contribution in [0.2, 0.25) is 0 Å². The summed E-state index contributed by atoms with van der Waals surface area (Å²) in [5, 5.41) is 9.94. The van der Waals surface area contributed by atoms with Crippen molar-refractivity contribution in [3.8, 4) is 0 Å². The van der Waals surface area contributed by atoms with Crippen molar-refractivity contribution in [1.29, 1.82) is 0 Å². The number of alkyl halides is 3. The Balaban J connectivity index is 2.22. The van der Waals surface area contributed by atoms with Crippen molar-refractivity contribution in [2.45, 2.75) is 16.8 Å². The SMILES string of the molecule is O=C(O)c1csc(S(=O)(=O)N2CC=C(C(F)(F)F)CC2)c1. The molecule has 1 aromatic rings. The Hall–Kier alpha value is -1.39. The summed E-state index contributed by atoms with van der Waals surface area (Å²) in [5.41, 5.74) is -0.909. The Morgan fingerprint density at radius 2 is 2.05 bits per heavy atom. The lowest BCUT2D eigenvalue weighted by Gasteiger charge is -2.26. The second-order valence-corrected chi connectivity index (χ2v) is 7.38. The summed E-state index contributed by atoms with van der Waals surface area (Å²) in [5.74, 6) is -1.26. The number of hydrogen-bond acceptors (Lipinski definition) is 4. The molecule has 116 valence electrons. The van der Waals surface area contributed by atoms with Crippen molar-refractivity contribution < 1.29 is 31.5 Å². The monoisotopic (exact) mass is 341 g/mol. The average molecular weight is 341 g/mol. The average Bonchev–Trinajstić information content (AvgIpc) is 2.88. The van der Waals surface area contributed by atoms with Gasteiger partial charge >= 0.3 is 12.1 Å². The van der Waals surface area contributed by atoms with E-state index in [2.05, 4.69) is 0 Å². The summed E-state index contributed by atoms with van der Waals surface area (Å²) >= 11 is 0.731. The van der Waals surface area contributed by atoms with E-state index in [0.29, 0.717) is 0 Å². The van der Waals surface area contributed by atoms with E-state index < -0.39 is 34.2 Å². The Labute approximate surface area is 122 Å². The zero-order valence-electron chi connectivity index (χ0n) is 10.4. The molecule has 1 N–H and O–H groups in total. The van der Waals surface area contributed by atoms with Crippen LogP contribution in [0.5, 0.6) is 0 Å². The third kappa shape index (κ3) is 3.27. The van der Waals surface area contributed by atoms with Gasteiger partial charge in [-0.2, -0.15) is 17.5 Å². The molecular formula is C11H10F3NO4S2. The third-order valence-corrected chi connectivity index (χ3v) is 6.23. The molecule has 0 aromatic carbocycles. The number of sulfonamides is 1. The molecule has 0 amide bonds. The lowest BCUT2D eigenvalue weighted by Crippen LogP contribution is -2.36. The van der Waals surface area contributed by atoms with E-state index in [0.717, 1.165) is 27.8 Å². The first-order valence-electron chi connectivity index (χ1n) is 5.70. The molecule has 21 heavy (non-hydrogen) atoms. The molecule has 0 saturated heterocycles. The van der Waals surface area contributed by atoms with Gasteiger partial charge in [0.15, 0.2) is 0 Å². The summed E-state index contributed by atoms with van der Waals surface area (Å²) in [6, 6.07) is 1.01. The molecular weight excluding hydrogens is 331 g/mol. The third-order valence-electron chi connectivity index (χ3n) is 2.95. The highest BCUT2D eigenvalue weighted by molar-refractivity contribution is 7.91. The molecule has 10 heteroatoms. The molecule has 0 saturated carbocycles. The summed E-state index contributed by atoms with van der Waals surface area (Å²) in [6.07, 6.45) is -4.03. The molecule has 5 nitrogen and oxygen atoms in total. The van der Waals surface area contributed by atoms with E-state index in [1.54, 1.807) is 0 Å². The van der Waals surface area contributed by atoms with E-state index in [4.69, 9.17) is 5.11 Å². The molecule has 2 heterocycles. The number of halogens is 3. The summed E-state index contributed by atoms with van der Waals surface area (Å²) in [4.78, 5) is 10.7. The van der Waals surface area contributed by atoms with Gasteiger partial charge in [-0.3, -0.25) is 0 Å². The zero-order valence-corrected chi connectivity index (χ0v) is 12.1. The fraction of sp³-hybridized carbons (Fsp3) is 0.364. The fourth-order valence-corrected chi connectivity index (χ4v) is 4.50. The standard InChI is InChI=1S/C11H10F3NO4S2/c12-11(13,14)8-1-3-15(4-2-8)21(18,19)9-5-7(6-20-9)10(16)17/h1,5-6H,2-4H2,(H,16,17). The molecule has 1 aliphatic heterocycles. The van der Waals surface area contributed by atoms with Crippen LogP contribution in [0.3, 0.4) is 0 Å². The first-order chi connectivity index (χ1) is 9.62. The van der Waals surface area contributed by atoms with Gasteiger partial charge in [0, 0.05) is 24.0 Å². The van der Waals surface area contributed by atoms with Gasteiger partial charge in [0.1, 0.15) is 4.21 Å². The number of rotatable bonds is 3. The predicted octanol–water partition coefficient (Wildman–Crippen LogP) is 2.33. The Kier molecular flexibility index (Phi) is 4.13. The molecule has 0 aliphatic carbocycles. The van der Waals surface area contributed by atoms with Gasteiger partial charge < -0.3 is 5.11 Å². The van der Waals surface area contributed by atoms with Crippen LogP contribution >= 0.6 is 11.3 Å². The summed E-state index contributed by atoms with van der Waals surface area (Å²) in [7, 11) is -3.97. The molecule has 0 atom stereocenters. The Morgan fingerprint density at radius 3 is 2.48 bits per heavy atom. The Morgan fingerprint density at radius 1 is 1.38 bits per heavy atom. The maximum Gasteiger partial charge on any atom is 0.412 e. The number of thiophene rings is 1. The number of aromatic carboxylic acids is 1. The molecule has 0 unspecified atom stereocenters. The fourth-order valence-electron chi connectivity index (χ4n) is 1.82. The van der Waals surface area contributed by atoms with Crippen LogP contribution in [0, 0.1) is 0 Å². The van der Waals surface area contributed by atoms with Gasteiger partial charge in [0.05, 0.1) is 5.56 Å². The number of nitrogens with zero attached hydrogens (tertiary/aromatic N) is 1. The Bertz CT molecular complexity index is 691. The predicted molar refractivity (Wildman–Crippen MR) is 68.8 cm³/mol. The van der Waals surface area contributed by atoms with Crippen LogP contribution in [-0.4, -0.2) is 43.1 Å². The van der Waals surface area contributed by atoms with Gasteiger partial charge in [-0.15, -0.1) is 11.3 Å². The first kappa shape index (κ1) is 16.0. The maximum absolute atomic E-state index is 12.5. The van der Waals surface area contributed by atoms with Gasteiger partial charge in [-0.25, -0.2) is 13.2 Å². The number of carbonyl (C=O) groups is 1. The molecule has 2 rings (SSSR count). The topological polar surface area (TPSA) is 74.7 Å². The maximum atomic E-state index is 12.5. The van der Waals surface area contributed by atoms with Crippen molar-refractivity contribution in [1.82, 2.24) is 4.31 Å². The second-order valence-electron chi connectivity index (χ2n) is 4.30. The minimum Gasteiger partial charge on any atom is -0.478 e. The minimum atomic E-state index is -4.45. The largest absolute Gasteiger partial charge is 0.478 e. The summed E-state index contributed by atoms with van der Waals surface area (Å²) < 4.78 is 62.6. The van der Waals surface area contributed by atoms with E-state index in [9.17, 15) is 26.4 Å². The number of hydrogen-bond donors (Lipinski definition) is 1. The van der Waals surface area contributed by atoms with Crippen LogP contribution in [0.25, 0.3) is 0 Å². The normalized spacial score (nSPS) is 17.6. The molecule has 0 fully saturated rings. The smallest absolute Gasteiger partial charge is 0.412 e. The quantitative estimate of drug-likeness (QED) is 0.856. The summed E-state index contributed by atoms with van der Waals surface area (Å²) in [6.45, 7) is -0.661. The van der Waals surface area contributed by atoms with Crippen LogP contribution in [0.15, 0.2) is 27.3 Å². The van der Waals surface area contributed by atoms with E-state index in [1.807, 2.05) is 0 Å². The van der Waals surface area contributed by atoms with Crippen LogP contribution < -0.4 is 0 Å². The molecule has 0 bridgehead atoms. The highest BCUT2D eigenvalue weighted by Crippen LogP contribution is 2.32. The molecule has 0 radical (unpaired) electrons. The lowest BCUT2D eigenvalue weighted by molar-refractivity contribution is -0.0953. The zero-order chi connectivity index (χ0) is 15.8. The van der Waals surface area contributed by atoms with E-state index >= 15 is 0 Å². The van der Waals surface area contributed by atoms with Crippen LogP contribution in [0.4, 0.5) is 13.2 Å².